The lowest BCUT2D eigenvalue weighted by Gasteiger charge is -2.27. The number of anilines is 1. The largest absolute Gasteiger partial charge is 0.493 e. The Morgan fingerprint density at radius 3 is 2.42 bits per heavy atom. The first-order chi connectivity index (χ1) is 15.8. The highest BCUT2D eigenvalue weighted by Crippen LogP contribution is 2.21. The van der Waals surface area contributed by atoms with Gasteiger partial charge in [-0.25, -0.2) is 4.79 Å². The molecule has 1 saturated heterocycles. The number of benzene rings is 2. The molecule has 1 fully saturated rings. The fourth-order valence-electron chi connectivity index (χ4n) is 3.60. The molecule has 0 saturated carbocycles. The number of hydrogen-bond donors (Lipinski definition) is 0. The SMILES string of the molecule is CC(C)(C)OC(=O)N(CCCOc1cccc(C#N)c1)c1ccc(C(=O)N2CCCC2)cc1. The number of amides is 2. The zero-order chi connectivity index (χ0) is 23.8. The van der Waals surface area contributed by atoms with Gasteiger partial charge >= 0.3 is 6.09 Å². The maximum Gasteiger partial charge on any atom is 0.414 e. The summed E-state index contributed by atoms with van der Waals surface area (Å²) in [7, 11) is 0. The molecule has 3 rings (SSSR count). The first-order valence-electron chi connectivity index (χ1n) is 11.3. The van der Waals surface area contributed by atoms with E-state index in [4.69, 9.17) is 14.7 Å². The number of likely N-dealkylation sites (tertiary alicyclic amines) is 1. The second-order valence-corrected chi connectivity index (χ2v) is 9.02. The minimum Gasteiger partial charge on any atom is -0.493 e. The normalized spacial score (nSPS) is 13.3. The highest BCUT2D eigenvalue weighted by atomic mass is 16.6. The molecule has 0 aromatic heterocycles. The second-order valence-electron chi connectivity index (χ2n) is 9.02. The predicted octanol–water partition coefficient (Wildman–Crippen LogP) is 5.00. The maximum atomic E-state index is 12.9. The zero-order valence-electron chi connectivity index (χ0n) is 19.5. The number of nitrogens with zero attached hydrogens (tertiary/aromatic N) is 3. The minimum absolute atomic E-state index is 0.0240. The standard InChI is InChI=1S/C26H31N3O4/c1-26(2,3)33-25(31)29(16-7-17-32-23-9-6-8-20(18-23)19-27)22-12-10-21(11-13-22)24(30)28-14-4-5-15-28/h6,8-13,18H,4-5,7,14-17H2,1-3H3. The summed E-state index contributed by atoms with van der Waals surface area (Å²) < 4.78 is 11.3. The first-order valence-corrected chi connectivity index (χ1v) is 11.3. The number of rotatable bonds is 7. The molecule has 0 aliphatic carbocycles. The summed E-state index contributed by atoms with van der Waals surface area (Å²) in [4.78, 5) is 28.9. The lowest BCUT2D eigenvalue weighted by molar-refractivity contribution is 0.0578. The monoisotopic (exact) mass is 449 g/mol. The predicted molar refractivity (Wildman–Crippen MR) is 126 cm³/mol. The Morgan fingerprint density at radius 2 is 1.79 bits per heavy atom. The topological polar surface area (TPSA) is 82.9 Å². The summed E-state index contributed by atoms with van der Waals surface area (Å²) in [6, 6.07) is 16.1. The van der Waals surface area contributed by atoms with Gasteiger partial charge in [0, 0.05) is 30.9 Å². The van der Waals surface area contributed by atoms with E-state index in [0.29, 0.717) is 42.1 Å². The van der Waals surface area contributed by atoms with Crippen molar-refractivity contribution in [2.75, 3.05) is 31.1 Å². The Bertz CT molecular complexity index is 999. The fraction of sp³-hybridized carbons (Fsp3) is 0.423. The van der Waals surface area contributed by atoms with Gasteiger partial charge in [-0.3, -0.25) is 9.69 Å². The molecule has 174 valence electrons. The van der Waals surface area contributed by atoms with E-state index in [1.165, 1.54) is 0 Å². The molecular weight excluding hydrogens is 418 g/mol. The third kappa shape index (κ3) is 6.98. The molecule has 1 aliphatic heterocycles. The Balaban J connectivity index is 1.66. The van der Waals surface area contributed by atoms with Crippen molar-refractivity contribution in [3.63, 3.8) is 0 Å². The zero-order valence-corrected chi connectivity index (χ0v) is 19.5. The Labute approximate surface area is 195 Å². The first kappa shape index (κ1) is 24.1. The van der Waals surface area contributed by atoms with Crippen LogP contribution in [0.2, 0.25) is 0 Å². The molecule has 0 atom stereocenters. The molecule has 2 aromatic carbocycles. The lowest BCUT2D eigenvalue weighted by Crippen LogP contribution is -2.38. The van der Waals surface area contributed by atoms with Gasteiger partial charge < -0.3 is 14.4 Å². The van der Waals surface area contributed by atoms with E-state index in [0.717, 1.165) is 25.9 Å². The number of carbonyl (C=O) groups excluding carboxylic acids is 2. The van der Waals surface area contributed by atoms with Crippen molar-refractivity contribution in [1.82, 2.24) is 4.90 Å². The van der Waals surface area contributed by atoms with Crippen molar-refractivity contribution in [3.05, 3.63) is 59.7 Å². The summed E-state index contributed by atoms with van der Waals surface area (Å²) in [5, 5.41) is 9.01. The third-order valence-electron chi connectivity index (χ3n) is 5.19. The molecule has 1 aliphatic rings. The number of nitriles is 1. The molecule has 0 bridgehead atoms. The summed E-state index contributed by atoms with van der Waals surface area (Å²) >= 11 is 0. The van der Waals surface area contributed by atoms with E-state index >= 15 is 0 Å². The van der Waals surface area contributed by atoms with Crippen molar-refractivity contribution in [1.29, 1.82) is 5.26 Å². The Morgan fingerprint density at radius 1 is 1.09 bits per heavy atom. The fourth-order valence-corrected chi connectivity index (χ4v) is 3.60. The van der Waals surface area contributed by atoms with Crippen molar-refractivity contribution in [2.45, 2.75) is 45.6 Å². The van der Waals surface area contributed by atoms with Crippen LogP contribution >= 0.6 is 0 Å². The van der Waals surface area contributed by atoms with Crippen LogP contribution in [-0.4, -0.2) is 48.7 Å². The average Bonchev–Trinajstić information content (AvgIpc) is 3.33. The van der Waals surface area contributed by atoms with Crippen LogP contribution in [0.5, 0.6) is 5.75 Å². The summed E-state index contributed by atoms with van der Waals surface area (Å²) in [6.07, 6.45) is 2.19. The molecule has 1 heterocycles. The summed E-state index contributed by atoms with van der Waals surface area (Å²) in [5.41, 5.74) is 1.18. The van der Waals surface area contributed by atoms with Crippen LogP contribution in [0.4, 0.5) is 10.5 Å². The van der Waals surface area contributed by atoms with Crippen LogP contribution in [-0.2, 0) is 4.74 Å². The van der Waals surface area contributed by atoms with Gasteiger partial charge in [0.05, 0.1) is 18.2 Å². The van der Waals surface area contributed by atoms with Crippen LogP contribution in [0.25, 0.3) is 0 Å². The van der Waals surface area contributed by atoms with Crippen LogP contribution in [0.15, 0.2) is 48.5 Å². The van der Waals surface area contributed by atoms with Gasteiger partial charge in [-0.2, -0.15) is 5.26 Å². The van der Waals surface area contributed by atoms with Crippen LogP contribution in [0, 0.1) is 11.3 Å². The van der Waals surface area contributed by atoms with E-state index < -0.39 is 11.7 Å². The Kier molecular flexibility index (Phi) is 7.94. The van der Waals surface area contributed by atoms with E-state index in [1.54, 1.807) is 53.4 Å². The third-order valence-corrected chi connectivity index (χ3v) is 5.19. The minimum atomic E-state index is -0.630. The second kappa shape index (κ2) is 10.9. The highest BCUT2D eigenvalue weighted by Gasteiger charge is 2.24. The molecule has 0 unspecified atom stereocenters. The number of ether oxygens (including phenoxy) is 2. The Hall–Kier alpha value is -3.53. The maximum absolute atomic E-state index is 12.9. The van der Waals surface area contributed by atoms with Crippen molar-refractivity contribution >= 4 is 17.7 Å². The molecule has 2 amide bonds. The molecule has 0 spiro atoms. The quantitative estimate of drug-likeness (QED) is 0.555. The molecule has 2 aromatic rings. The summed E-state index contributed by atoms with van der Waals surface area (Å²) in [5.74, 6) is 0.638. The van der Waals surface area contributed by atoms with Gasteiger partial charge in [-0.1, -0.05) is 6.07 Å². The number of hydrogen-bond acceptors (Lipinski definition) is 5. The lowest BCUT2D eigenvalue weighted by atomic mass is 10.1. The van der Waals surface area contributed by atoms with Gasteiger partial charge in [-0.05, 0) is 82.5 Å². The highest BCUT2D eigenvalue weighted by molar-refractivity contribution is 5.95. The van der Waals surface area contributed by atoms with Gasteiger partial charge in [0.1, 0.15) is 11.4 Å². The number of carbonyl (C=O) groups is 2. The smallest absolute Gasteiger partial charge is 0.414 e. The molecule has 0 N–H and O–H groups in total. The van der Waals surface area contributed by atoms with E-state index in [2.05, 4.69) is 6.07 Å². The molecule has 33 heavy (non-hydrogen) atoms. The van der Waals surface area contributed by atoms with E-state index in [9.17, 15) is 9.59 Å². The van der Waals surface area contributed by atoms with Crippen molar-refractivity contribution < 1.29 is 19.1 Å². The van der Waals surface area contributed by atoms with Crippen LogP contribution in [0.1, 0.15) is 56.0 Å². The summed E-state index contributed by atoms with van der Waals surface area (Å²) in [6.45, 7) is 7.82. The molecular formula is C26H31N3O4. The molecule has 7 heteroatoms. The van der Waals surface area contributed by atoms with Crippen LogP contribution in [0.3, 0.4) is 0 Å². The molecule has 0 radical (unpaired) electrons. The van der Waals surface area contributed by atoms with Crippen molar-refractivity contribution in [3.8, 4) is 11.8 Å². The van der Waals surface area contributed by atoms with Gasteiger partial charge in [0.15, 0.2) is 0 Å². The van der Waals surface area contributed by atoms with Crippen molar-refractivity contribution in [2.24, 2.45) is 0 Å². The van der Waals surface area contributed by atoms with Crippen LogP contribution < -0.4 is 9.64 Å². The van der Waals surface area contributed by atoms with Gasteiger partial charge in [0.25, 0.3) is 5.91 Å². The van der Waals surface area contributed by atoms with E-state index in [1.807, 2.05) is 25.7 Å². The van der Waals surface area contributed by atoms with Gasteiger partial charge in [0.2, 0.25) is 0 Å². The van der Waals surface area contributed by atoms with E-state index in [-0.39, 0.29) is 5.91 Å². The average molecular weight is 450 g/mol. The van der Waals surface area contributed by atoms with Gasteiger partial charge in [-0.15, -0.1) is 0 Å². The molecule has 7 nitrogen and oxygen atoms in total.